The van der Waals surface area contributed by atoms with E-state index in [0.29, 0.717) is 17.6 Å². The number of morpholine rings is 1. The Labute approximate surface area is 119 Å². The normalized spacial score (nSPS) is 31.8. The molecule has 0 aliphatic carbocycles. The van der Waals surface area contributed by atoms with Gasteiger partial charge in [0.15, 0.2) is 0 Å². The van der Waals surface area contributed by atoms with Crippen molar-refractivity contribution in [2.24, 2.45) is 5.92 Å². The molecule has 1 N–H and O–H groups in total. The highest BCUT2D eigenvalue weighted by Crippen LogP contribution is 2.29. The van der Waals surface area contributed by atoms with E-state index in [1.165, 1.54) is 0 Å². The molecule has 0 amide bonds. The van der Waals surface area contributed by atoms with E-state index in [2.05, 4.69) is 34.2 Å². The van der Waals surface area contributed by atoms with Crippen LogP contribution in [0.5, 0.6) is 0 Å². The van der Waals surface area contributed by atoms with Gasteiger partial charge in [0.05, 0.1) is 12.6 Å². The molecule has 0 spiro atoms. The molecule has 20 heavy (non-hydrogen) atoms. The zero-order chi connectivity index (χ0) is 13.9. The molecule has 2 fully saturated rings. The van der Waals surface area contributed by atoms with Gasteiger partial charge < -0.3 is 14.6 Å². The van der Waals surface area contributed by atoms with E-state index in [4.69, 9.17) is 9.26 Å². The third-order valence-electron chi connectivity index (χ3n) is 4.23. The molecule has 3 atom stereocenters. The molecular formula is C14H24N4O2. The third kappa shape index (κ3) is 2.87. The number of rotatable bonds is 4. The lowest BCUT2D eigenvalue weighted by atomic mass is 10.0. The summed E-state index contributed by atoms with van der Waals surface area (Å²) in [5.41, 5.74) is 0. The van der Waals surface area contributed by atoms with Crippen LogP contribution in [0.25, 0.3) is 0 Å². The molecule has 2 saturated heterocycles. The van der Waals surface area contributed by atoms with Crippen molar-refractivity contribution in [2.45, 2.75) is 38.8 Å². The van der Waals surface area contributed by atoms with Crippen LogP contribution in [0.1, 0.15) is 50.6 Å². The highest BCUT2D eigenvalue weighted by molar-refractivity contribution is 5.00. The second kappa shape index (κ2) is 6.20. The van der Waals surface area contributed by atoms with Gasteiger partial charge in [0.1, 0.15) is 6.10 Å². The highest BCUT2D eigenvalue weighted by atomic mass is 16.5. The van der Waals surface area contributed by atoms with Crippen LogP contribution in [0.15, 0.2) is 4.52 Å². The van der Waals surface area contributed by atoms with Gasteiger partial charge in [0, 0.05) is 13.1 Å². The van der Waals surface area contributed by atoms with Gasteiger partial charge in [-0.2, -0.15) is 4.98 Å². The molecule has 2 aliphatic rings. The smallest absolute Gasteiger partial charge is 0.244 e. The van der Waals surface area contributed by atoms with Crippen molar-refractivity contribution < 1.29 is 9.26 Å². The molecule has 0 aromatic carbocycles. The van der Waals surface area contributed by atoms with Gasteiger partial charge in [-0.15, -0.1) is 0 Å². The third-order valence-corrected chi connectivity index (χ3v) is 4.23. The minimum atomic E-state index is -0.0514. The SMILES string of the molecule is CCCN1CCOC(c2noc(C3NCCC3C)n2)C1. The van der Waals surface area contributed by atoms with Crippen LogP contribution in [0.4, 0.5) is 0 Å². The van der Waals surface area contributed by atoms with E-state index in [0.717, 1.165) is 45.6 Å². The minimum Gasteiger partial charge on any atom is -0.367 e. The molecule has 3 unspecified atom stereocenters. The number of ether oxygens (including phenoxy) is 1. The zero-order valence-electron chi connectivity index (χ0n) is 12.3. The summed E-state index contributed by atoms with van der Waals surface area (Å²) in [5, 5.41) is 7.56. The van der Waals surface area contributed by atoms with Crippen molar-refractivity contribution in [1.29, 1.82) is 0 Å². The maximum Gasteiger partial charge on any atom is 0.244 e. The second-order valence-electron chi connectivity index (χ2n) is 5.85. The topological polar surface area (TPSA) is 63.4 Å². The Bertz CT molecular complexity index is 435. The quantitative estimate of drug-likeness (QED) is 0.902. The first-order chi connectivity index (χ1) is 9.78. The molecule has 0 saturated carbocycles. The van der Waals surface area contributed by atoms with E-state index in [-0.39, 0.29) is 12.1 Å². The summed E-state index contributed by atoms with van der Waals surface area (Å²) in [6.07, 6.45) is 2.27. The average Bonchev–Trinajstić information content (AvgIpc) is 3.08. The number of nitrogens with zero attached hydrogens (tertiary/aromatic N) is 3. The Morgan fingerprint density at radius 1 is 1.45 bits per heavy atom. The summed E-state index contributed by atoms with van der Waals surface area (Å²) in [6.45, 7) is 9.14. The second-order valence-corrected chi connectivity index (χ2v) is 5.85. The van der Waals surface area contributed by atoms with Crippen LogP contribution in [0, 0.1) is 5.92 Å². The fourth-order valence-corrected chi connectivity index (χ4v) is 3.05. The number of nitrogens with one attached hydrogen (secondary N) is 1. The molecule has 3 rings (SSSR count). The van der Waals surface area contributed by atoms with Crippen molar-refractivity contribution in [1.82, 2.24) is 20.4 Å². The van der Waals surface area contributed by atoms with Gasteiger partial charge >= 0.3 is 0 Å². The molecule has 3 heterocycles. The predicted octanol–water partition coefficient (Wildman–Crippen LogP) is 1.52. The van der Waals surface area contributed by atoms with Crippen molar-refractivity contribution in [3.05, 3.63) is 11.7 Å². The van der Waals surface area contributed by atoms with E-state index in [1.54, 1.807) is 0 Å². The maximum atomic E-state index is 5.80. The van der Waals surface area contributed by atoms with Gasteiger partial charge in [-0.3, -0.25) is 4.90 Å². The van der Waals surface area contributed by atoms with Crippen LogP contribution in [-0.2, 0) is 4.74 Å². The van der Waals surface area contributed by atoms with E-state index < -0.39 is 0 Å². The standard InChI is InChI=1S/C14H24N4O2/c1-3-6-18-7-8-19-11(9-18)13-16-14(20-17-13)12-10(2)4-5-15-12/h10-12,15H,3-9H2,1-2H3. The zero-order valence-corrected chi connectivity index (χ0v) is 12.3. The summed E-state index contributed by atoms with van der Waals surface area (Å²) in [6, 6.07) is 0.201. The molecule has 6 nitrogen and oxygen atoms in total. The van der Waals surface area contributed by atoms with Gasteiger partial charge in [-0.25, -0.2) is 0 Å². The first-order valence-electron chi connectivity index (χ1n) is 7.68. The van der Waals surface area contributed by atoms with Crippen molar-refractivity contribution in [2.75, 3.05) is 32.8 Å². The molecule has 1 aromatic rings. The highest BCUT2D eigenvalue weighted by Gasteiger charge is 2.31. The lowest BCUT2D eigenvalue weighted by Crippen LogP contribution is -2.39. The first kappa shape index (κ1) is 14.0. The average molecular weight is 280 g/mol. The number of hydrogen-bond acceptors (Lipinski definition) is 6. The van der Waals surface area contributed by atoms with Gasteiger partial charge in [0.2, 0.25) is 11.7 Å². The monoisotopic (exact) mass is 280 g/mol. The fourth-order valence-electron chi connectivity index (χ4n) is 3.05. The Morgan fingerprint density at radius 2 is 2.35 bits per heavy atom. The predicted molar refractivity (Wildman–Crippen MR) is 74.2 cm³/mol. The molecule has 0 bridgehead atoms. The van der Waals surface area contributed by atoms with Gasteiger partial charge in [-0.05, 0) is 31.8 Å². The number of aromatic nitrogens is 2. The van der Waals surface area contributed by atoms with Gasteiger partial charge in [0.25, 0.3) is 0 Å². The summed E-state index contributed by atoms with van der Waals surface area (Å²) in [4.78, 5) is 6.97. The molecule has 112 valence electrons. The van der Waals surface area contributed by atoms with Crippen molar-refractivity contribution in [3.63, 3.8) is 0 Å². The molecule has 2 aliphatic heterocycles. The van der Waals surface area contributed by atoms with E-state index in [1.807, 2.05) is 0 Å². The van der Waals surface area contributed by atoms with E-state index in [9.17, 15) is 0 Å². The van der Waals surface area contributed by atoms with Crippen molar-refractivity contribution >= 4 is 0 Å². The summed E-state index contributed by atoms with van der Waals surface area (Å²) in [5.74, 6) is 1.95. The van der Waals surface area contributed by atoms with E-state index >= 15 is 0 Å². The van der Waals surface area contributed by atoms with Crippen LogP contribution in [0.2, 0.25) is 0 Å². The van der Waals surface area contributed by atoms with Gasteiger partial charge in [-0.1, -0.05) is 19.0 Å². The maximum absolute atomic E-state index is 5.80. The van der Waals surface area contributed by atoms with Crippen LogP contribution in [-0.4, -0.2) is 47.8 Å². The minimum absolute atomic E-state index is 0.0514. The largest absolute Gasteiger partial charge is 0.367 e. The van der Waals surface area contributed by atoms with Crippen LogP contribution in [0.3, 0.4) is 0 Å². The molecule has 6 heteroatoms. The summed E-state index contributed by atoms with van der Waals surface area (Å²) >= 11 is 0. The Balaban J connectivity index is 1.66. The van der Waals surface area contributed by atoms with Crippen molar-refractivity contribution in [3.8, 4) is 0 Å². The molecular weight excluding hydrogens is 256 g/mol. The summed E-state index contributed by atoms with van der Waals surface area (Å²) in [7, 11) is 0. The van der Waals surface area contributed by atoms with Crippen LogP contribution < -0.4 is 5.32 Å². The van der Waals surface area contributed by atoms with Crippen LogP contribution >= 0.6 is 0 Å². The Hall–Kier alpha value is -0.980. The lowest BCUT2D eigenvalue weighted by molar-refractivity contribution is -0.0350. The molecule has 1 aromatic heterocycles. The molecule has 0 radical (unpaired) electrons. The fraction of sp³-hybridized carbons (Fsp3) is 0.857. The Kier molecular flexibility index (Phi) is 4.33. The first-order valence-corrected chi connectivity index (χ1v) is 7.68. The number of hydrogen-bond donors (Lipinski definition) is 1. The Morgan fingerprint density at radius 3 is 3.10 bits per heavy atom. The summed E-state index contributed by atoms with van der Waals surface area (Å²) < 4.78 is 11.2. The lowest BCUT2D eigenvalue weighted by Gasteiger charge is -2.30.